The number of amides is 1. The Hall–Kier alpha value is -0.570. The maximum atomic E-state index is 11.1. The summed E-state index contributed by atoms with van der Waals surface area (Å²) in [6.45, 7) is 4.45. The van der Waals surface area contributed by atoms with Crippen LogP contribution >= 0.6 is 0 Å². The van der Waals surface area contributed by atoms with Gasteiger partial charge in [-0.2, -0.15) is 0 Å². The SMILES string of the molecule is CCCCCCCCCCCCCCNC(=O)C(C)O. The lowest BCUT2D eigenvalue weighted by atomic mass is 10.1. The molecular formula is C17H35NO2. The van der Waals surface area contributed by atoms with Crippen LogP contribution in [0.2, 0.25) is 0 Å². The van der Waals surface area contributed by atoms with Crippen LogP contribution < -0.4 is 5.32 Å². The van der Waals surface area contributed by atoms with Gasteiger partial charge in [0.15, 0.2) is 0 Å². The fraction of sp³-hybridized carbons (Fsp3) is 0.941. The molecule has 0 aromatic rings. The number of carbonyl (C=O) groups excluding carboxylic acids is 1. The van der Waals surface area contributed by atoms with Crippen molar-refractivity contribution in [3.8, 4) is 0 Å². The van der Waals surface area contributed by atoms with E-state index in [0.717, 1.165) is 6.42 Å². The zero-order valence-corrected chi connectivity index (χ0v) is 13.6. The summed E-state index contributed by atoms with van der Waals surface area (Å²) >= 11 is 0. The second-order valence-electron chi connectivity index (χ2n) is 5.86. The summed E-state index contributed by atoms with van der Waals surface area (Å²) in [6.07, 6.45) is 15.0. The largest absolute Gasteiger partial charge is 0.384 e. The summed E-state index contributed by atoms with van der Waals surface area (Å²) in [5, 5.41) is 11.7. The summed E-state index contributed by atoms with van der Waals surface area (Å²) in [5.41, 5.74) is 0. The van der Waals surface area contributed by atoms with Gasteiger partial charge in [-0.3, -0.25) is 4.79 Å². The summed E-state index contributed by atoms with van der Waals surface area (Å²) < 4.78 is 0. The van der Waals surface area contributed by atoms with Crippen molar-refractivity contribution in [2.45, 2.75) is 97.0 Å². The van der Waals surface area contributed by atoms with E-state index < -0.39 is 6.10 Å². The van der Waals surface area contributed by atoms with Crippen LogP contribution in [0.5, 0.6) is 0 Å². The number of rotatable bonds is 14. The van der Waals surface area contributed by atoms with E-state index in [1.165, 1.54) is 77.6 Å². The first-order valence-electron chi connectivity index (χ1n) is 8.64. The molecule has 1 atom stereocenters. The van der Waals surface area contributed by atoms with Crippen LogP contribution in [0, 0.1) is 0 Å². The quantitative estimate of drug-likeness (QED) is 0.470. The topological polar surface area (TPSA) is 49.3 Å². The predicted octanol–water partition coefficient (Wildman–Crippen LogP) is 4.18. The van der Waals surface area contributed by atoms with Crippen molar-refractivity contribution in [3.05, 3.63) is 0 Å². The van der Waals surface area contributed by atoms with E-state index in [1.54, 1.807) is 0 Å². The van der Waals surface area contributed by atoms with Gasteiger partial charge in [0.25, 0.3) is 0 Å². The second-order valence-corrected chi connectivity index (χ2v) is 5.86. The molecule has 0 fully saturated rings. The Kier molecular flexibility index (Phi) is 14.4. The van der Waals surface area contributed by atoms with Gasteiger partial charge in [-0.25, -0.2) is 0 Å². The number of carbonyl (C=O) groups is 1. The predicted molar refractivity (Wildman–Crippen MR) is 85.8 cm³/mol. The molecule has 3 heteroatoms. The van der Waals surface area contributed by atoms with Crippen molar-refractivity contribution in [1.29, 1.82) is 0 Å². The zero-order valence-electron chi connectivity index (χ0n) is 13.6. The van der Waals surface area contributed by atoms with E-state index in [0.29, 0.717) is 6.54 Å². The third kappa shape index (κ3) is 13.9. The van der Waals surface area contributed by atoms with Crippen molar-refractivity contribution in [1.82, 2.24) is 5.32 Å². The highest BCUT2D eigenvalue weighted by molar-refractivity contribution is 5.79. The van der Waals surface area contributed by atoms with Crippen molar-refractivity contribution in [2.24, 2.45) is 0 Å². The highest BCUT2D eigenvalue weighted by atomic mass is 16.3. The van der Waals surface area contributed by atoms with Crippen LogP contribution in [-0.2, 0) is 4.79 Å². The molecule has 0 bridgehead atoms. The third-order valence-corrected chi connectivity index (χ3v) is 3.71. The van der Waals surface area contributed by atoms with Gasteiger partial charge >= 0.3 is 0 Å². The molecule has 0 aromatic heterocycles. The Bertz CT molecular complexity index is 217. The summed E-state index contributed by atoms with van der Waals surface area (Å²) in [6, 6.07) is 0. The highest BCUT2D eigenvalue weighted by Crippen LogP contribution is 2.11. The van der Waals surface area contributed by atoms with Crippen molar-refractivity contribution >= 4 is 5.91 Å². The number of nitrogens with one attached hydrogen (secondary N) is 1. The monoisotopic (exact) mass is 285 g/mol. The lowest BCUT2D eigenvalue weighted by molar-refractivity contribution is -0.128. The van der Waals surface area contributed by atoms with Gasteiger partial charge in [-0.05, 0) is 13.3 Å². The minimum Gasteiger partial charge on any atom is -0.384 e. The average molecular weight is 285 g/mol. The van der Waals surface area contributed by atoms with Gasteiger partial charge in [0, 0.05) is 6.54 Å². The highest BCUT2D eigenvalue weighted by Gasteiger charge is 2.06. The number of aliphatic hydroxyl groups is 1. The normalized spacial score (nSPS) is 12.3. The molecule has 0 aliphatic rings. The Morgan fingerprint density at radius 1 is 0.850 bits per heavy atom. The zero-order chi connectivity index (χ0) is 15.1. The van der Waals surface area contributed by atoms with E-state index in [4.69, 9.17) is 5.11 Å². The molecule has 0 spiro atoms. The number of hydrogen-bond acceptors (Lipinski definition) is 2. The second kappa shape index (κ2) is 14.8. The van der Waals surface area contributed by atoms with Gasteiger partial charge in [0.05, 0.1) is 0 Å². The molecule has 0 rings (SSSR count). The molecule has 20 heavy (non-hydrogen) atoms. The summed E-state index contributed by atoms with van der Waals surface area (Å²) in [7, 11) is 0. The molecule has 0 aliphatic heterocycles. The number of unbranched alkanes of at least 4 members (excludes halogenated alkanes) is 11. The molecular weight excluding hydrogens is 250 g/mol. The minimum absolute atomic E-state index is 0.256. The molecule has 1 unspecified atom stereocenters. The fourth-order valence-electron chi connectivity index (χ4n) is 2.33. The van der Waals surface area contributed by atoms with Gasteiger partial charge < -0.3 is 10.4 Å². The molecule has 0 radical (unpaired) electrons. The van der Waals surface area contributed by atoms with E-state index in [1.807, 2.05) is 0 Å². The smallest absolute Gasteiger partial charge is 0.248 e. The maximum absolute atomic E-state index is 11.1. The van der Waals surface area contributed by atoms with Crippen LogP contribution in [-0.4, -0.2) is 23.7 Å². The Labute approximate surface area is 125 Å². The van der Waals surface area contributed by atoms with Crippen LogP contribution in [0.1, 0.15) is 90.9 Å². The molecule has 3 nitrogen and oxygen atoms in total. The molecule has 0 saturated heterocycles. The minimum atomic E-state index is -0.882. The van der Waals surface area contributed by atoms with Gasteiger partial charge in [0.2, 0.25) is 5.91 Å². The Balaban J connectivity index is 3.04. The van der Waals surface area contributed by atoms with Gasteiger partial charge in [-0.1, -0.05) is 77.6 Å². The van der Waals surface area contributed by atoms with Crippen LogP contribution in [0.4, 0.5) is 0 Å². The standard InChI is InChI=1S/C17H35NO2/c1-3-4-5-6-7-8-9-10-11-12-13-14-15-18-17(20)16(2)19/h16,19H,3-15H2,1-2H3,(H,18,20). The molecule has 0 aliphatic carbocycles. The van der Waals surface area contributed by atoms with E-state index in [2.05, 4.69) is 12.2 Å². The van der Waals surface area contributed by atoms with Crippen molar-refractivity contribution in [3.63, 3.8) is 0 Å². The first-order chi connectivity index (χ1) is 9.68. The molecule has 120 valence electrons. The van der Waals surface area contributed by atoms with E-state index in [-0.39, 0.29) is 5.91 Å². The summed E-state index contributed by atoms with van der Waals surface area (Å²) in [4.78, 5) is 11.1. The number of aliphatic hydroxyl groups excluding tert-OH is 1. The maximum Gasteiger partial charge on any atom is 0.248 e. The molecule has 0 heterocycles. The fourth-order valence-corrected chi connectivity index (χ4v) is 2.33. The van der Waals surface area contributed by atoms with Crippen LogP contribution in [0.3, 0.4) is 0 Å². The lowest BCUT2D eigenvalue weighted by Crippen LogP contribution is -2.33. The van der Waals surface area contributed by atoms with Gasteiger partial charge in [0.1, 0.15) is 6.10 Å². The van der Waals surface area contributed by atoms with Gasteiger partial charge in [-0.15, -0.1) is 0 Å². The van der Waals surface area contributed by atoms with E-state index >= 15 is 0 Å². The van der Waals surface area contributed by atoms with Crippen LogP contribution in [0.15, 0.2) is 0 Å². The van der Waals surface area contributed by atoms with Crippen LogP contribution in [0.25, 0.3) is 0 Å². The average Bonchev–Trinajstić information content (AvgIpc) is 2.43. The molecule has 1 amide bonds. The first kappa shape index (κ1) is 19.4. The molecule has 0 aromatic carbocycles. The van der Waals surface area contributed by atoms with E-state index in [9.17, 15) is 4.79 Å². The van der Waals surface area contributed by atoms with Crippen molar-refractivity contribution < 1.29 is 9.90 Å². The lowest BCUT2D eigenvalue weighted by Gasteiger charge is -2.06. The Morgan fingerprint density at radius 3 is 1.65 bits per heavy atom. The first-order valence-corrected chi connectivity index (χ1v) is 8.64. The molecule has 2 N–H and O–H groups in total. The van der Waals surface area contributed by atoms with Crippen molar-refractivity contribution in [2.75, 3.05) is 6.54 Å². The number of hydrogen-bond donors (Lipinski definition) is 2. The molecule has 0 saturated carbocycles. The third-order valence-electron chi connectivity index (χ3n) is 3.71. The summed E-state index contributed by atoms with van der Waals surface area (Å²) in [5.74, 6) is -0.256. The Morgan fingerprint density at radius 2 is 1.25 bits per heavy atom.